The van der Waals surface area contributed by atoms with Gasteiger partial charge in [0, 0.05) is 24.5 Å². The van der Waals surface area contributed by atoms with Gasteiger partial charge in [-0.15, -0.1) is 0 Å². The van der Waals surface area contributed by atoms with Gasteiger partial charge < -0.3 is 20.1 Å². The molecule has 0 bridgehead atoms. The summed E-state index contributed by atoms with van der Waals surface area (Å²) in [5.74, 6) is 2.61. The van der Waals surface area contributed by atoms with Crippen LogP contribution in [-0.4, -0.2) is 19.7 Å². The molecule has 0 aliphatic heterocycles. The van der Waals surface area contributed by atoms with E-state index < -0.39 is 0 Å². The maximum absolute atomic E-state index is 5.82. The van der Waals surface area contributed by atoms with Gasteiger partial charge in [-0.2, -0.15) is 0 Å². The van der Waals surface area contributed by atoms with E-state index in [9.17, 15) is 0 Å². The molecular formula is C26H32N2O2. The van der Waals surface area contributed by atoms with Gasteiger partial charge in [-0.25, -0.2) is 0 Å². The van der Waals surface area contributed by atoms with Crippen LogP contribution in [0.2, 0.25) is 0 Å². The van der Waals surface area contributed by atoms with Crippen LogP contribution in [0.5, 0.6) is 17.2 Å². The predicted molar refractivity (Wildman–Crippen MR) is 126 cm³/mol. The van der Waals surface area contributed by atoms with Crippen LogP contribution in [0, 0.1) is 0 Å². The van der Waals surface area contributed by atoms with E-state index in [2.05, 4.69) is 29.7 Å². The minimum Gasteiger partial charge on any atom is -0.494 e. The summed E-state index contributed by atoms with van der Waals surface area (Å²) >= 11 is 0. The summed E-state index contributed by atoms with van der Waals surface area (Å²) in [6.07, 6.45) is 4.90. The van der Waals surface area contributed by atoms with Crippen molar-refractivity contribution in [3.8, 4) is 17.2 Å². The Kier molecular flexibility index (Phi) is 8.93. The van der Waals surface area contributed by atoms with Gasteiger partial charge in [0.15, 0.2) is 0 Å². The van der Waals surface area contributed by atoms with Crippen molar-refractivity contribution in [1.82, 2.24) is 0 Å². The number of ether oxygens (including phenoxy) is 2. The lowest BCUT2D eigenvalue weighted by molar-refractivity contribution is 0.305. The highest BCUT2D eigenvalue weighted by Crippen LogP contribution is 2.22. The predicted octanol–water partition coefficient (Wildman–Crippen LogP) is 6.96. The minimum atomic E-state index is 0.797. The van der Waals surface area contributed by atoms with Gasteiger partial charge in [-0.3, -0.25) is 0 Å². The lowest BCUT2D eigenvalue weighted by atomic mass is 10.2. The Balaban J connectivity index is 1.32. The monoisotopic (exact) mass is 404 g/mol. The topological polar surface area (TPSA) is 42.5 Å². The maximum atomic E-state index is 5.82. The van der Waals surface area contributed by atoms with E-state index in [1.165, 1.54) is 19.3 Å². The summed E-state index contributed by atoms with van der Waals surface area (Å²) in [4.78, 5) is 0. The first-order valence-electron chi connectivity index (χ1n) is 10.9. The van der Waals surface area contributed by atoms with Crippen LogP contribution in [0.15, 0.2) is 78.9 Å². The third kappa shape index (κ3) is 7.70. The fourth-order valence-electron chi connectivity index (χ4n) is 3.07. The molecule has 0 unspecified atom stereocenters. The van der Waals surface area contributed by atoms with Crippen molar-refractivity contribution in [2.75, 3.05) is 30.3 Å². The SMILES string of the molecule is CCCCCCOc1ccc(NCCNc2ccc(Oc3ccccc3)cc2)cc1. The zero-order valence-electron chi connectivity index (χ0n) is 17.8. The second-order valence-corrected chi connectivity index (χ2v) is 7.23. The number of nitrogens with one attached hydrogen (secondary N) is 2. The highest BCUT2D eigenvalue weighted by atomic mass is 16.5. The van der Waals surface area contributed by atoms with E-state index in [0.29, 0.717) is 0 Å². The molecule has 0 amide bonds. The van der Waals surface area contributed by atoms with Crippen LogP contribution in [0.25, 0.3) is 0 Å². The molecule has 0 aliphatic rings. The summed E-state index contributed by atoms with van der Waals surface area (Å²) in [7, 11) is 0. The molecule has 3 rings (SSSR count). The second-order valence-electron chi connectivity index (χ2n) is 7.23. The fraction of sp³-hybridized carbons (Fsp3) is 0.308. The summed E-state index contributed by atoms with van der Waals surface area (Å²) in [5, 5.41) is 6.85. The number of benzene rings is 3. The first kappa shape index (κ1) is 21.6. The number of hydrogen-bond donors (Lipinski definition) is 2. The lowest BCUT2D eigenvalue weighted by Gasteiger charge is -2.11. The Morgan fingerprint density at radius 2 is 1.17 bits per heavy atom. The molecule has 3 aromatic carbocycles. The van der Waals surface area contributed by atoms with Crippen LogP contribution >= 0.6 is 0 Å². The summed E-state index contributed by atoms with van der Waals surface area (Å²) in [6, 6.07) is 26.0. The van der Waals surface area contributed by atoms with Gasteiger partial charge in [-0.1, -0.05) is 44.4 Å². The average Bonchev–Trinajstić information content (AvgIpc) is 2.79. The molecule has 0 atom stereocenters. The number of anilines is 2. The average molecular weight is 405 g/mol. The largest absolute Gasteiger partial charge is 0.494 e. The van der Waals surface area contributed by atoms with E-state index in [0.717, 1.165) is 54.7 Å². The number of unbranched alkanes of at least 4 members (excludes halogenated alkanes) is 3. The van der Waals surface area contributed by atoms with Crippen molar-refractivity contribution in [3.63, 3.8) is 0 Å². The smallest absolute Gasteiger partial charge is 0.127 e. The van der Waals surface area contributed by atoms with Gasteiger partial charge >= 0.3 is 0 Å². The lowest BCUT2D eigenvalue weighted by Crippen LogP contribution is -2.13. The van der Waals surface area contributed by atoms with E-state index in [1.807, 2.05) is 66.7 Å². The molecule has 30 heavy (non-hydrogen) atoms. The van der Waals surface area contributed by atoms with E-state index in [4.69, 9.17) is 9.47 Å². The van der Waals surface area contributed by atoms with Crippen LogP contribution in [0.1, 0.15) is 32.6 Å². The molecule has 0 saturated heterocycles. The van der Waals surface area contributed by atoms with Crippen LogP contribution < -0.4 is 20.1 Å². The molecule has 0 radical (unpaired) electrons. The molecule has 2 N–H and O–H groups in total. The van der Waals surface area contributed by atoms with Crippen molar-refractivity contribution < 1.29 is 9.47 Å². The highest BCUT2D eigenvalue weighted by Gasteiger charge is 1.99. The molecule has 0 fully saturated rings. The molecule has 0 spiro atoms. The molecular weight excluding hydrogens is 372 g/mol. The Morgan fingerprint density at radius 3 is 1.77 bits per heavy atom. The van der Waals surface area contributed by atoms with E-state index in [-0.39, 0.29) is 0 Å². The Labute approximate surface area is 180 Å². The Hall–Kier alpha value is -3.14. The number of para-hydroxylation sites is 1. The number of hydrogen-bond acceptors (Lipinski definition) is 4. The van der Waals surface area contributed by atoms with Gasteiger partial charge in [0.2, 0.25) is 0 Å². The minimum absolute atomic E-state index is 0.797. The third-order valence-corrected chi connectivity index (χ3v) is 4.74. The van der Waals surface area contributed by atoms with Crippen LogP contribution in [-0.2, 0) is 0 Å². The maximum Gasteiger partial charge on any atom is 0.127 e. The summed E-state index contributed by atoms with van der Waals surface area (Å²) in [6.45, 7) is 4.68. The van der Waals surface area contributed by atoms with Crippen molar-refractivity contribution >= 4 is 11.4 Å². The van der Waals surface area contributed by atoms with Crippen molar-refractivity contribution in [3.05, 3.63) is 78.9 Å². The molecule has 4 heteroatoms. The molecule has 158 valence electrons. The standard InChI is InChI=1S/C26H32N2O2/c1-2-3-4-8-21-29-24-15-11-22(12-16-24)27-19-20-28-23-13-17-26(18-14-23)30-25-9-6-5-7-10-25/h5-7,9-18,27-28H,2-4,8,19-21H2,1H3. The molecule has 0 aliphatic carbocycles. The molecule has 3 aromatic rings. The number of rotatable bonds is 13. The Bertz CT molecular complexity index is 833. The quantitative estimate of drug-likeness (QED) is 0.302. The van der Waals surface area contributed by atoms with Gasteiger partial charge in [-0.05, 0) is 67.1 Å². The normalized spacial score (nSPS) is 10.4. The Morgan fingerprint density at radius 1 is 0.600 bits per heavy atom. The van der Waals surface area contributed by atoms with Crippen molar-refractivity contribution in [2.24, 2.45) is 0 Å². The zero-order valence-corrected chi connectivity index (χ0v) is 17.8. The molecule has 0 heterocycles. The highest BCUT2D eigenvalue weighted by molar-refractivity contribution is 5.49. The van der Waals surface area contributed by atoms with Crippen LogP contribution in [0.3, 0.4) is 0 Å². The van der Waals surface area contributed by atoms with Crippen LogP contribution in [0.4, 0.5) is 11.4 Å². The van der Waals surface area contributed by atoms with Gasteiger partial charge in [0.1, 0.15) is 17.2 Å². The molecule has 0 aromatic heterocycles. The second kappa shape index (κ2) is 12.4. The van der Waals surface area contributed by atoms with E-state index in [1.54, 1.807) is 0 Å². The van der Waals surface area contributed by atoms with Gasteiger partial charge in [0.25, 0.3) is 0 Å². The van der Waals surface area contributed by atoms with E-state index >= 15 is 0 Å². The fourth-order valence-corrected chi connectivity index (χ4v) is 3.07. The van der Waals surface area contributed by atoms with Crippen molar-refractivity contribution in [2.45, 2.75) is 32.6 Å². The van der Waals surface area contributed by atoms with Crippen molar-refractivity contribution in [1.29, 1.82) is 0 Å². The molecule has 0 saturated carbocycles. The first-order chi connectivity index (χ1) is 14.8. The zero-order chi connectivity index (χ0) is 20.9. The third-order valence-electron chi connectivity index (χ3n) is 4.74. The summed E-state index contributed by atoms with van der Waals surface area (Å²) < 4.78 is 11.6. The van der Waals surface area contributed by atoms with Gasteiger partial charge in [0.05, 0.1) is 6.61 Å². The first-order valence-corrected chi connectivity index (χ1v) is 10.9. The molecule has 4 nitrogen and oxygen atoms in total. The summed E-state index contributed by atoms with van der Waals surface area (Å²) in [5.41, 5.74) is 2.17.